The first kappa shape index (κ1) is 25.8. The van der Waals surface area contributed by atoms with Crippen LogP contribution in [0.15, 0.2) is 18.2 Å². The number of nitrogens with zero attached hydrogens (tertiary/aromatic N) is 3. The molecule has 5 N–H and O–H groups in total. The molecule has 200 valence electrons. The number of nitrogens with one attached hydrogen (secondary N) is 2. The molecule has 2 heterocycles. The number of amides is 1. The van der Waals surface area contributed by atoms with Crippen molar-refractivity contribution in [2.45, 2.75) is 96.6 Å². The van der Waals surface area contributed by atoms with Crippen LogP contribution < -0.4 is 21.3 Å². The van der Waals surface area contributed by atoms with E-state index in [2.05, 4.69) is 45.6 Å². The van der Waals surface area contributed by atoms with Crippen LogP contribution in [0.4, 0.5) is 23.0 Å². The smallest absolute Gasteiger partial charge is 0.271 e. The van der Waals surface area contributed by atoms with Gasteiger partial charge in [-0.1, -0.05) is 26.2 Å². The van der Waals surface area contributed by atoms with Gasteiger partial charge in [-0.15, -0.1) is 0 Å². The summed E-state index contributed by atoms with van der Waals surface area (Å²) in [6.07, 6.45) is 11.9. The van der Waals surface area contributed by atoms with Crippen LogP contribution >= 0.6 is 0 Å². The Morgan fingerprint density at radius 2 is 1.86 bits per heavy atom. The molecule has 8 nitrogen and oxygen atoms in total. The molecule has 1 aromatic heterocycles. The van der Waals surface area contributed by atoms with Gasteiger partial charge in [-0.25, -0.2) is 9.97 Å². The number of aromatic nitrogens is 2. The fourth-order valence-corrected chi connectivity index (χ4v) is 6.58. The molecular formula is C29H42N6O2. The number of anilines is 4. The van der Waals surface area contributed by atoms with E-state index in [0.717, 1.165) is 50.2 Å². The van der Waals surface area contributed by atoms with E-state index in [0.29, 0.717) is 23.5 Å². The van der Waals surface area contributed by atoms with Gasteiger partial charge in [-0.3, -0.25) is 4.79 Å². The molecule has 3 aliphatic rings. The van der Waals surface area contributed by atoms with Crippen molar-refractivity contribution in [1.29, 1.82) is 0 Å². The first-order chi connectivity index (χ1) is 17.9. The van der Waals surface area contributed by atoms with Crippen molar-refractivity contribution >= 4 is 28.9 Å². The molecule has 2 aliphatic carbocycles. The molecule has 0 radical (unpaired) electrons. The molecular weight excluding hydrogens is 464 g/mol. The molecule has 1 aromatic carbocycles. The van der Waals surface area contributed by atoms with E-state index in [1.54, 1.807) is 0 Å². The highest BCUT2D eigenvalue weighted by Gasteiger charge is 2.39. The van der Waals surface area contributed by atoms with Crippen LogP contribution in [0.2, 0.25) is 0 Å². The van der Waals surface area contributed by atoms with Crippen LogP contribution in [-0.2, 0) is 6.42 Å². The van der Waals surface area contributed by atoms with Crippen molar-refractivity contribution in [1.82, 2.24) is 9.97 Å². The summed E-state index contributed by atoms with van der Waals surface area (Å²) in [7, 11) is 0. The average Bonchev–Trinajstić information content (AvgIpc) is 3.28. The summed E-state index contributed by atoms with van der Waals surface area (Å²) in [5.41, 5.74) is 10.5. The van der Waals surface area contributed by atoms with Crippen LogP contribution in [0.5, 0.6) is 0 Å². The lowest BCUT2D eigenvalue weighted by molar-refractivity contribution is 0.0996. The molecule has 1 amide bonds. The molecule has 1 spiro atoms. The number of carbonyl (C=O) groups excluding carboxylic acids is 1. The minimum atomic E-state index is -0.597. The van der Waals surface area contributed by atoms with Crippen molar-refractivity contribution in [2.24, 2.45) is 11.1 Å². The van der Waals surface area contributed by atoms with Gasteiger partial charge in [-0.05, 0) is 87.5 Å². The van der Waals surface area contributed by atoms with E-state index in [-0.39, 0.29) is 17.8 Å². The van der Waals surface area contributed by atoms with Crippen LogP contribution in [0.3, 0.4) is 0 Å². The number of carbonyl (C=O) groups is 1. The molecule has 8 heteroatoms. The summed E-state index contributed by atoms with van der Waals surface area (Å²) >= 11 is 0. The topological polar surface area (TPSA) is 116 Å². The normalized spacial score (nSPS) is 23.3. The predicted molar refractivity (Wildman–Crippen MR) is 149 cm³/mol. The lowest BCUT2D eigenvalue weighted by Crippen LogP contribution is -2.29. The highest BCUT2D eigenvalue weighted by atomic mass is 16.3. The van der Waals surface area contributed by atoms with Gasteiger partial charge in [0.2, 0.25) is 0 Å². The van der Waals surface area contributed by atoms with Gasteiger partial charge in [0.05, 0.1) is 11.8 Å². The number of aliphatic hydroxyl groups is 1. The lowest BCUT2D eigenvalue weighted by atomic mass is 9.73. The summed E-state index contributed by atoms with van der Waals surface area (Å²) in [5, 5.41) is 16.7. The minimum absolute atomic E-state index is 0.155. The Hall–Kier alpha value is -2.87. The third kappa shape index (κ3) is 5.69. The number of nitrogens with two attached hydrogens (primary N) is 1. The van der Waals surface area contributed by atoms with Gasteiger partial charge >= 0.3 is 0 Å². The molecule has 2 saturated carbocycles. The van der Waals surface area contributed by atoms with Crippen molar-refractivity contribution in [3.05, 3.63) is 35.2 Å². The Morgan fingerprint density at radius 1 is 1.11 bits per heavy atom. The fraction of sp³-hybridized carbons (Fsp3) is 0.621. The minimum Gasteiger partial charge on any atom is -0.393 e. The van der Waals surface area contributed by atoms with Crippen molar-refractivity contribution in [2.75, 3.05) is 28.6 Å². The SMILES string of the molecule is CCc1nc(C(N)=O)c(Nc2ccc(N3CCC4(CCCCC4)C3)c(C)c2)nc1NC1CCC(O)CC1. The summed E-state index contributed by atoms with van der Waals surface area (Å²) in [6.45, 7) is 6.42. The Bertz CT molecular complexity index is 1120. The van der Waals surface area contributed by atoms with Gasteiger partial charge in [-0.2, -0.15) is 0 Å². The molecule has 1 aliphatic heterocycles. The second kappa shape index (κ2) is 10.9. The van der Waals surface area contributed by atoms with Crippen LogP contribution in [0.1, 0.15) is 92.9 Å². The van der Waals surface area contributed by atoms with Gasteiger partial charge < -0.3 is 26.4 Å². The number of aryl methyl sites for hydroxylation is 2. The molecule has 1 saturated heterocycles. The van der Waals surface area contributed by atoms with Gasteiger partial charge in [0.25, 0.3) is 5.91 Å². The zero-order chi connectivity index (χ0) is 26.0. The van der Waals surface area contributed by atoms with E-state index in [1.165, 1.54) is 49.8 Å². The molecule has 3 fully saturated rings. The maximum Gasteiger partial charge on any atom is 0.271 e. The van der Waals surface area contributed by atoms with Gasteiger partial charge in [0.1, 0.15) is 5.82 Å². The maximum absolute atomic E-state index is 12.3. The van der Waals surface area contributed by atoms with E-state index in [1.807, 2.05) is 6.92 Å². The number of rotatable bonds is 7. The third-order valence-corrected chi connectivity index (χ3v) is 8.73. The molecule has 0 atom stereocenters. The van der Waals surface area contributed by atoms with E-state index < -0.39 is 5.91 Å². The van der Waals surface area contributed by atoms with E-state index >= 15 is 0 Å². The summed E-state index contributed by atoms with van der Waals surface area (Å²) in [4.78, 5) is 24.2. The average molecular weight is 507 g/mol. The standard InChI is InChI=1S/C29H42N6O2/c1-3-23-27(31-20-7-10-22(36)11-8-20)34-28(25(33-23)26(30)37)32-21-9-12-24(19(2)17-21)35-16-15-29(18-35)13-5-4-6-14-29/h9,12,17,20,22,36H,3-8,10-11,13-16,18H2,1-2H3,(H2,30,37)(H2,31,32,34). The number of hydrogen-bond acceptors (Lipinski definition) is 7. The number of primary amides is 1. The third-order valence-electron chi connectivity index (χ3n) is 8.73. The number of hydrogen-bond donors (Lipinski definition) is 4. The number of aliphatic hydroxyl groups excluding tert-OH is 1. The Morgan fingerprint density at radius 3 is 2.54 bits per heavy atom. The Kier molecular flexibility index (Phi) is 7.56. The molecule has 37 heavy (non-hydrogen) atoms. The van der Waals surface area contributed by atoms with E-state index in [9.17, 15) is 9.90 Å². The quantitative estimate of drug-likeness (QED) is 0.414. The second-order valence-electron chi connectivity index (χ2n) is 11.4. The predicted octanol–water partition coefficient (Wildman–Crippen LogP) is 5.07. The summed E-state index contributed by atoms with van der Waals surface area (Å²) < 4.78 is 0. The largest absolute Gasteiger partial charge is 0.393 e. The zero-order valence-corrected chi connectivity index (χ0v) is 22.4. The van der Waals surface area contributed by atoms with Crippen molar-refractivity contribution < 1.29 is 9.90 Å². The molecule has 0 unspecified atom stereocenters. The molecule has 0 bridgehead atoms. The number of benzene rings is 1. The van der Waals surface area contributed by atoms with E-state index in [4.69, 9.17) is 10.7 Å². The maximum atomic E-state index is 12.3. The zero-order valence-electron chi connectivity index (χ0n) is 22.4. The Balaban J connectivity index is 1.35. The van der Waals surface area contributed by atoms with Crippen molar-refractivity contribution in [3.63, 3.8) is 0 Å². The van der Waals surface area contributed by atoms with Crippen LogP contribution in [-0.4, -0.2) is 46.2 Å². The first-order valence-corrected chi connectivity index (χ1v) is 14.1. The highest BCUT2D eigenvalue weighted by molar-refractivity contribution is 5.96. The highest BCUT2D eigenvalue weighted by Crippen LogP contribution is 2.45. The Labute approximate surface area is 220 Å². The van der Waals surface area contributed by atoms with Gasteiger partial charge in [0, 0.05) is 30.5 Å². The van der Waals surface area contributed by atoms with Crippen LogP contribution in [0, 0.1) is 12.3 Å². The molecule has 5 rings (SSSR count). The molecule has 2 aromatic rings. The monoisotopic (exact) mass is 506 g/mol. The fourth-order valence-electron chi connectivity index (χ4n) is 6.58. The van der Waals surface area contributed by atoms with Crippen molar-refractivity contribution in [3.8, 4) is 0 Å². The first-order valence-electron chi connectivity index (χ1n) is 14.1. The summed E-state index contributed by atoms with van der Waals surface area (Å²) in [6, 6.07) is 6.59. The summed E-state index contributed by atoms with van der Waals surface area (Å²) in [5.74, 6) is 0.456. The van der Waals surface area contributed by atoms with Crippen LogP contribution in [0.25, 0.3) is 0 Å². The van der Waals surface area contributed by atoms with Gasteiger partial charge in [0.15, 0.2) is 11.5 Å². The lowest BCUT2D eigenvalue weighted by Gasteiger charge is -2.33. The second-order valence-corrected chi connectivity index (χ2v) is 11.4.